The summed E-state index contributed by atoms with van der Waals surface area (Å²) < 4.78 is 12.8. The SMILES string of the molecule is Fc1cnc(N2CCN(CC3=CCNCC3)CC2)nc1. The van der Waals surface area contributed by atoms with Crippen LogP contribution in [0.1, 0.15) is 6.42 Å². The molecule has 1 N–H and O–H groups in total. The van der Waals surface area contributed by atoms with Gasteiger partial charge in [0.05, 0.1) is 12.4 Å². The molecule has 0 spiro atoms. The highest BCUT2D eigenvalue weighted by molar-refractivity contribution is 5.29. The van der Waals surface area contributed by atoms with Gasteiger partial charge in [-0.1, -0.05) is 11.6 Å². The number of halogens is 1. The Kier molecular flexibility index (Phi) is 4.22. The number of anilines is 1. The lowest BCUT2D eigenvalue weighted by molar-refractivity contribution is 0.273. The summed E-state index contributed by atoms with van der Waals surface area (Å²) in [5.74, 6) is 0.248. The Morgan fingerprint density at radius 2 is 1.90 bits per heavy atom. The molecular weight excluding hydrogens is 257 g/mol. The maximum absolute atomic E-state index is 12.8. The minimum Gasteiger partial charge on any atom is -0.338 e. The molecule has 6 heteroatoms. The molecule has 1 fully saturated rings. The highest BCUT2D eigenvalue weighted by Crippen LogP contribution is 2.13. The van der Waals surface area contributed by atoms with Crippen LogP contribution in [0.5, 0.6) is 0 Å². The van der Waals surface area contributed by atoms with Crippen LogP contribution < -0.4 is 10.2 Å². The van der Waals surface area contributed by atoms with Gasteiger partial charge >= 0.3 is 0 Å². The van der Waals surface area contributed by atoms with Crippen LogP contribution in [-0.4, -0.2) is 60.7 Å². The number of nitrogens with one attached hydrogen (secondary N) is 1. The molecule has 1 saturated heterocycles. The van der Waals surface area contributed by atoms with E-state index in [9.17, 15) is 4.39 Å². The van der Waals surface area contributed by atoms with Crippen LogP contribution in [0.15, 0.2) is 24.0 Å². The molecule has 3 heterocycles. The highest BCUT2D eigenvalue weighted by Gasteiger charge is 2.19. The molecule has 3 rings (SSSR count). The van der Waals surface area contributed by atoms with Gasteiger partial charge < -0.3 is 10.2 Å². The maximum Gasteiger partial charge on any atom is 0.225 e. The fraction of sp³-hybridized carbons (Fsp3) is 0.571. The smallest absolute Gasteiger partial charge is 0.225 e. The molecule has 0 atom stereocenters. The predicted octanol–water partition coefficient (Wildman–Crippen LogP) is 0.657. The third kappa shape index (κ3) is 3.32. The monoisotopic (exact) mass is 277 g/mol. The lowest BCUT2D eigenvalue weighted by atomic mass is 10.1. The van der Waals surface area contributed by atoms with Crippen molar-refractivity contribution in [1.29, 1.82) is 0 Å². The number of hydrogen-bond acceptors (Lipinski definition) is 5. The minimum absolute atomic E-state index is 0.384. The topological polar surface area (TPSA) is 44.3 Å². The van der Waals surface area contributed by atoms with Crippen LogP contribution in [-0.2, 0) is 0 Å². The van der Waals surface area contributed by atoms with Crippen LogP contribution >= 0.6 is 0 Å². The zero-order valence-corrected chi connectivity index (χ0v) is 11.6. The maximum atomic E-state index is 12.8. The fourth-order valence-corrected chi connectivity index (χ4v) is 2.68. The molecule has 1 aromatic heterocycles. The van der Waals surface area contributed by atoms with Crippen molar-refractivity contribution in [3.63, 3.8) is 0 Å². The predicted molar refractivity (Wildman–Crippen MR) is 76.2 cm³/mol. The van der Waals surface area contributed by atoms with E-state index in [4.69, 9.17) is 0 Å². The van der Waals surface area contributed by atoms with Gasteiger partial charge in [-0.15, -0.1) is 0 Å². The Bertz CT molecular complexity index is 465. The molecule has 1 aromatic rings. The van der Waals surface area contributed by atoms with Gasteiger partial charge in [-0.05, 0) is 13.0 Å². The number of piperazine rings is 1. The summed E-state index contributed by atoms with van der Waals surface area (Å²) in [6, 6.07) is 0. The molecule has 0 bridgehead atoms. The first-order valence-electron chi connectivity index (χ1n) is 7.15. The van der Waals surface area contributed by atoms with E-state index < -0.39 is 0 Å². The van der Waals surface area contributed by atoms with Crippen molar-refractivity contribution >= 4 is 5.95 Å². The zero-order chi connectivity index (χ0) is 13.8. The Morgan fingerprint density at radius 1 is 1.15 bits per heavy atom. The second-order valence-electron chi connectivity index (χ2n) is 5.28. The Hall–Kier alpha value is -1.53. The summed E-state index contributed by atoms with van der Waals surface area (Å²) in [5, 5.41) is 3.33. The van der Waals surface area contributed by atoms with Crippen molar-refractivity contribution in [3.8, 4) is 0 Å². The largest absolute Gasteiger partial charge is 0.338 e. The summed E-state index contributed by atoms with van der Waals surface area (Å²) in [5.41, 5.74) is 1.54. The molecule has 2 aliphatic rings. The van der Waals surface area contributed by atoms with Crippen molar-refractivity contribution in [2.24, 2.45) is 0 Å². The van der Waals surface area contributed by atoms with Crippen LogP contribution in [0.4, 0.5) is 10.3 Å². The Balaban J connectivity index is 1.51. The molecule has 20 heavy (non-hydrogen) atoms. The molecule has 108 valence electrons. The van der Waals surface area contributed by atoms with E-state index >= 15 is 0 Å². The van der Waals surface area contributed by atoms with Gasteiger partial charge in [0.1, 0.15) is 0 Å². The zero-order valence-electron chi connectivity index (χ0n) is 11.6. The number of nitrogens with zero attached hydrogens (tertiary/aromatic N) is 4. The summed E-state index contributed by atoms with van der Waals surface area (Å²) in [7, 11) is 0. The van der Waals surface area contributed by atoms with Crippen molar-refractivity contribution in [2.45, 2.75) is 6.42 Å². The van der Waals surface area contributed by atoms with Crippen LogP contribution in [0.25, 0.3) is 0 Å². The molecule has 5 nitrogen and oxygen atoms in total. The summed E-state index contributed by atoms with van der Waals surface area (Å²) >= 11 is 0. The molecule has 0 saturated carbocycles. The molecule has 0 aliphatic carbocycles. The molecule has 2 aliphatic heterocycles. The number of rotatable bonds is 3. The fourth-order valence-electron chi connectivity index (χ4n) is 2.68. The van der Waals surface area contributed by atoms with Crippen molar-refractivity contribution in [1.82, 2.24) is 20.2 Å². The lowest BCUT2D eigenvalue weighted by Gasteiger charge is -2.35. The van der Waals surface area contributed by atoms with E-state index in [1.54, 1.807) is 0 Å². The molecule has 0 unspecified atom stereocenters. The van der Waals surface area contributed by atoms with Crippen LogP contribution in [0.3, 0.4) is 0 Å². The molecule has 0 radical (unpaired) electrons. The van der Waals surface area contributed by atoms with E-state index in [1.165, 1.54) is 18.0 Å². The second-order valence-corrected chi connectivity index (χ2v) is 5.28. The number of hydrogen-bond donors (Lipinski definition) is 1. The van der Waals surface area contributed by atoms with Gasteiger partial charge in [0.2, 0.25) is 5.95 Å². The third-order valence-electron chi connectivity index (χ3n) is 3.85. The molecule has 0 aromatic carbocycles. The van der Waals surface area contributed by atoms with E-state index in [0.717, 1.165) is 52.2 Å². The molecular formula is C14H20FN5. The average Bonchev–Trinajstić information content (AvgIpc) is 2.50. The van der Waals surface area contributed by atoms with Crippen molar-refractivity contribution < 1.29 is 4.39 Å². The number of aromatic nitrogens is 2. The van der Waals surface area contributed by atoms with Gasteiger partial charge in [0.25, 0.3) is 0 Å². The first-order chi connectivity index (χ1) is 9.81. The van der Waals surface area contributed by atoms with Gasteiger partial charge in [-0.2, -0.15) is 0 Å². The van der Waals surface area contributed by atoms with E-state index in [-0.39, 0.29) is 5.82 Å². The summed E-state index contributed by atoms with van der Waals surface area (Å²) in [4.78, 5) is 12.7. The van der Waals surface area contributed by atoms with Gasteiger partial charge in [0, 0.05) is 39.3 Å². The quantitative estimate of drug-likeness (QED) is 0.822. The van der Waals surface area contributed by atoms with Gasteiger partial charge in [-0.25, -0.2) is 14.4 Å². The van der Waals surface area contributed by atoms with E-state index in [0.29, 0.717) is 5.95 Å². The normalized spacial score (nSPS) is 20.9. The Labute approximate surface area is 118 Å². The first kappa shape index (κ1) is 13.5. The lowest BCUT2D eigenvalue weighted by Crippen LogP contribution is -2.47. The van der Waals surface area contributed by atoms with Crippen LogP contribution in [0, 0.1) is 5.82 Å². The summed E-state index contributed by atoms with van der Waals surface area (Å²) in [6.07, 6.45) is 5.92. The van der Waals surface area contributed by atoms with Gasteiger partial charge in [-0.3, -0.25) is 4.90 Å². The highest BCUT2D eigenvalue weighted by atomic mass is 19.1. The minimum atomic E-state index is -0.384. The standard InChI is InChI=1S/C14H20FN5/c15-13-9-17-14(18-10-13)20-7-5-19(6-8-20)11-12-1-3-16-4-2-12/h1,9-10,16H,2-8,11H2. The average molecular weight is 277 g/mol. The first-order valence-corrected chi connectivity index (χ1v) is 7.15. The van der Waals surface area contributed by atoms with Gasteiger partial charge in [0.15, 0.2) is 5.82 Å². The van der Waals surface area contributed by atoms with Crippen LogP contribution in [0.2, 0.25) is 0 Å². The van der Waals surface area contributed by atoms with E-state index in [2.05, 4.69) is 31.2 Å². The van der Waals surface area contributed by atoms with Crippen molar-refractivity contribution in [3.05, 3.63) is 29.9 Å². The summed E-state index contributed by atoms with van der Waals surface area (Å²) in [6.45, 7) is 6.97. The Morgan fingerprint density at radius 3 is 2.55 bits per heavy atom. The van der Waals surface area contributed by atoms with E-state index in [1.807, 2.05) is 0 Å². The third-order valence-corrected chi connectivity index (χ3v) is 3.85. The van der Waals surface area contributed by atoms with Crippen molar-refractivity contribution in [2.75, 3.05) is 50.7 Å². The molecule has 0 amide bonds. The second kappa shape index (κ2) is 6.28.